The third-order valence-corrected chi connectivity index (χ3v) is 2.55. The van der Waals surface area contributed by atoms with Crippen LogP contribution >= 0.6 is 0 Å². The lowest BCUT2D eigenvalue weighted by molar-refractivity contribution is 0.395. The quantitative estimate of drug-likeness (QED) is 0.667. The summed E-state index contributed by atoms with van der Waals surface area (Å²) >= 11 is 0. The number of anilines is 1. The van der Waals surface area contributed by atoms with Crippen LogP contribution in [0.15, 0.2) is 24.3 Å². The van der Waals surface area contributed by atoms with Crippen LogP contribution in [0.4, 0.5) is 27.6 Å². The molecular weight excluding hydrogens is 281 g/mol. The summed E-state index contributed by atoms with van der Waals surface area (Å²) in [6.07, 6.45) is 0. The van der Waals surface area contributed by atoms with E-state index in [1.807, 2.05) is 0 Å². The Bertz CT molecular complexity index is 636. The maximum Gasteiger partial charge on any atom is 0.187 e. The monoisotopic (exact) mass is 289 g/mol. The fraction of sp³-hybridized carbons (Fsp3) is 0.0769. The molecule has 0 saturated carbocycles. The minimum absolute atomic E-state index is 0.0295. The topological polar surface area (TPSA) is 32.3 Å². The standard InChI is InChI=1S/C13H8F5NO/c14-7-3-8(15)12(18)11(4-7)19-5-6-1-9(16)13(20)10(17)2-6/h1-4,19-20H,5H2. The van der Waals surface area contributed by atoms with E-state index in [1.54, 1.807) is 0 Å². The smallest absolute Gasteiger partial charge is 0.187 e. The van der Waals surface area contributed by atoms with Gasteiger partial charge in [0.1, 0.15) is 5.82 Å². The molecule has 0 aliphatic carbocycles. The molecule has 20 heavy (non-hydrogen) atoms. The largest absolute Gasteiger partial charge is 0.503 e. The maximum atomic E-state index is 13.3. The van der Waals surface area contributed by atoms with Gasteiger partial charge in [-0.15, -0.1) is 0 Å². The number of hydrogen-bond donors (Lipinski definition) is 2. The number of phenolic OH excluding ortho intramolecular Hbond substituents is 1. The Kier molecular flexibility index (Phi) is 3.78. The van der Waals surface area contributed by atoms with Gasteiger partial charge in [-0.1, -0.05) is 0 Å². The predicted octanol–water partition coefficient (Wildman–Crippen LogP) is 3.70. The summed E-state index contributed by atoms with van der Waals surface area (Å²) in [5.74, 6) is -7.17. The van der Waals surface area contributed by atoms with Gasteiger partial charge in [0.25, 0.3) is 0 Å². The predicted molar refractivity (Wildman–Crippen MR) is 61.7 cm³/mol. The lowest BCUT2D eigenvalue weighted by atomic mass is 10.2. The van der Waals surface area contributed by atoms with Gasteiger partial charge in [-0.2, -0.15) is 0 Å². The van der Waals surface area contributed by atoms with E-state index in [0.29, 0.717) is 12.1 Å². The molecule has 2 aromatic rings. The molecule has 2 aromatic carbocycles. The van der Waals surface area contributed by atoms with Crippen molar-refractivity contribution < 1.29 is 27.1 Å². The highest BCUT2D eigenvalue weighted by atomic mass is 19.2. The van der Waals surface area contributed by atoms with Crippen LogP contribution in [0, 0.1) is 29.1 Å². The zero-order valence-electron chi connectivity index (χ0n) is 9.85. The minimum atomic E-state index is -1.38. The van der Waals surface area contributed by atoms with Crippen molar-refractivity contribution in [1.82, 2.24) is 0 Å². The highest BCUT2D eigenvalue weighted by Gasteiger charge is 2.12. The highest BCUT2D eigenvalue weighted by Crippen LogP contribution is 2.23. The fourth-order valence-corrected chi connectivity index (χ4v) is 1.60. The van der Waals surface area contributed by atoms with Crippen molar-refractivity contribution in [3.05, 3.63) is 58.9 Å². The lowest BCUT2D eigenvalue weighted by Gasteiger charge is -2.09. The SMILES string of the molecule is Oc1c(F)cc(CNc2cc(F)cc(F)c2F)cc1F. The van der Waals surface area contributed by atoms with Gasteiger partial charge in [0, 0.05) is 18.7 Å². The van der Waals surface area contributed by atoms with E-state index in [1.165, 1.54) is 0 Å². The molecule has 0 radical (unpaired) electrons. The first kappa shape index (κ1) is 14.1. The van der Waals surface area contributed by atoms with E-state index < -0.39 is 40.5 Å². The Morgan fingerprint density at radius 3 is 2.05 bits per heavy atom. The number of rotatable bonds is 3. The number of hydrogen-bond acceptors (Lipinski definition) is 2. The molecule has 0 atom stereocenters. The van der Waals surface area contributed by atoms with Gasteiger partial charge in [0.05, 0.1) is 5.69 Å². The number of nitrogens with one attached hydrogen (secondary N) is 1. The van der Waals surface area contributed by atoms with Crippen molar-refractivity contribution in [1.29, 1.82) is 0 Å². The van der Waals surface area contributed by atoms with Crippen LogP contribution in [0.25, 0.3) is 0 Å². The second-order valence-electron chi connectivity index (χ2n) is 4.01. The summed E-state index contributed by atoms with van der Waals surface area (Å²) in [5.41, 5.74) is -0.446. The Morgan fingerprint density at radius 1 is 0.850 bits per heavy atom. The number of aromatic hydroxyl groups is 1. The van der Waals surface area contributed by atoms with E-state index in [2.05, 4.69) is 5.32 Å². The Hall–Kier alpha value is -2.31. The molecule has 0 aliphatic heterocycles. The van der Waals surface area contributed by atoms with E-state index in [4.69, 9.17) is 5.11 Å². The van der Waals surface area contributed by atoms with Crippen LogP contribution < -0.4 is 5.32 Å². The summed E-state index contributed by atoms with van der Waals surface area (Å²) in [5, 5.41) is 11.2. The molecular formula is C13H8F5NO. The van der Waals surface area contributed by atoms with Gasteiger partial charge in [-0.3, -0.25) is 0 Å². The summed E-state index contributed by atoms with van der Waals surface area (Å²) in [4.78, 5) is 0. The molecule has 0 saturated heterocycles. The van der Waals surface area contributed by atoms with Gasteiger partial charge in [-0.05, 0) is 17.7 Å². The molecule has 7 heteroatoms. The number of benzene rings is 2. The molecule has 0 heterocycles. The first-order chi connectivity index (χ1) is 9.38. The van der Waals surface area contributed by atoms with E-state index in [0.717, 1.165) is 12.1 Å². The molecule has 0 amide bonds. The zero-order valence-corrected chi connectivity index (χ0v) is 9.85. The molecule has 2 N–H and O–H groups in total. The average Bonchev–Trinajstić information content (AvgIpc) is 2.38. The molecule has 0 spiro atoms. The summed E-state index contributed by atoms with van der Waals surface area (Å²) < 4.78 is 65.3. The van der Waals surface area contributed by atoms with Crippen LogP contribution in [-0.4, -0.2) is 5.11 Å². The molecule has 2 nitrogen and oxygen atoms in total. The third-order valence-electron chi connectivity index (χ3n) is 2.55. The van der Waals surface area contributed by atoms with Gasteiger partial charge >= 0.3 is 0 Å². The Labute approximate surface area is 110 Å². The van der Waals surface area contributed by atoms with E-state index >= 15 is 0 Å². The number of halogens is 5. The molecule has 0 aliphatic rings. The molecule has 0 bridgehead atoms. The van der Waals surface area contributed by atoms with Crippen molar-refractivity contribution in [2.45, 2.75) is 6.54 Å². The van der Waals surface area contributed by atoms with E-state index in [9.17, 15) is 22.0 Å². The van der Waals surface area contributed by atoms with Gasteiger partial charge < -0.3 is 10.4 Å². The first-order valence-corrected chi connectivity index (χ1v) is 5.44. The van der Waals surface area contributed by atoms with Crippen LogP contribution in [0.3, 0.4) is 0 Å². The van der Waals surface area contributed by atoms with Crippen molar-refractivity contribution >= 4 is 5.69 Å². The highest BCUT2D eigenvalue weighted by molar-refractivity contribution is 5.46. The second-order valence-corrected chi connectivity index (χ2v) is 4.01. The third kappa shape index (κ3) is 2.81. The van der Waals surface area contributed by atoms with Crippen LogP contribution in [-0.2, 0) is 6.54 Å². The first-order valence-electron chi connectivity index (χ1n) is 5.44. The summed E-state index contributed by atoms with van der Waals surface area (Å²) in [6.45, 7) is -0.284. The molecule has 0 aromatic heterocycles. The molecule has 2 rings (SSSR count). The fourth-order valence-electron chi connectivity index (χ4n) is 1.60. The maximum absolute atomic E-state index is 13.3. The average molecular weight is 289 g/mol. The molecule has 0 unspecified atom stereocenters. The lowest BCUT2D eigenvalue weighted by Crippen LogP contribution is -2.04. The van der Waals surface area contributed by atoms with Crippen molar-refractivity contribution in [2.75, 3.05) is 5.32 Å². The van der Waals surface area contributed by atoms with Gasteiger partial charge in [-0.25, -0.2) is 22.0 Å². The molecule has 106 valence electrons. The van der Waals surface area contributed by atoms with Gasteiger partial charge in [0.2, 0.25) is 0 Å². The van der Waals surface area contributed by atoms with Crippen LogP contribution in [0.5, 0.6) is 5.75 Å². The zero-order chi connectivity index (χ0) is 14.9. The second kappa shape index (κ2) is 5.36. The van der Waals surface area contributed by atoms with Gasteiger partial charge in [0.15, 0.2) is 29.0 Å². The van der Waals surface area contributed by atoms with E-state index in [-0.39, 0.29) is 12.1 Å². The summed E-state index contributed by atoms with van der Waals surface area (Å²) in [7, 11) is 0. The van der Waals surface area contributed by atoms with Crippen LogP contribution in [0.1, 0.15) is 5.56 Å². The van der Waals surface area contributed by atoms with Crippen molar-refractivity contribution in [3.8, 4) is 5.75 Å². The van der Waals surface area contributed by atoms with Crippen LogP contribution in [0.2, 0.25) is 0 Å². The Balaban J connectivity index is 2.21. The minimum Gasteiger partial charge on any atom is -0.503 e. The summed E-state index contributed by atoms with van der Waals surface area (Å²) in [6, 6.07) is 2.73. The molecule has 0 fully saturated rings. The number of phenols is 1. The Morgan fingerprint density at radius 2 is 1.45 bits per heavy atom. The van der Waals surface area contributed by atoms with Crippen molar-refractivity contribution in [2.24, 2.45) is 0 Å². The normalized spacial score (nSPS) is 10.7. The van der Waals surface area contributed by atoms with Crippen molar-refractivity contribution in [3.63, 3.8) is 0 Å².